The lowest BCUT2D eigenvalue weighted by molar-refractivity contribution is -0.117. The molecule has 0 saturated carbocycles. The molecule has 1 atom stereocenters. The standard InChI is InChI=1S/C23H21ClFN7O2S/c24-15-11-27-21(28-12-15)13-3-6-32(7-4-13)23-30-18-5-8-35(34)20(18)22(31-23)29-16-2-1-14(9-19(26)33)17(25)10-16/h1-3,10-12H,4-9H2,(H2,26,33)(H,29,30,31). The molecular weight excluding hydrogens is 493 g/mol. The molecule has 2 aliphatic heterocycles. The predicted octanol–water partition coefficient (Wildman–Crippen LogP) is 2.79. The van der Waals surface area contributed by atoms with Crippen molar-refractivity contribution >= 4 is 51.3 Å². The Balaban J connectivity index is 1.41. The van der Waals surface area contributed by atoms with Crippen molar-refractivity contribution < 1.29 is 13.4 Å². The number of carbonyl (C=O) groups excluding carboxylic acids is 1. The number of aryl methyl sites for hydroxylation is 1. The summed E-state index contributed by atoms with van der Waals surface area (Å²) in [5.74, 6) is 0.829. The molecule has 0 spiro atoms. The van der Waals surface area contributed by atoms with Crippen molar-refractivity contribution in [2.24, 2.45) is 5.73 Å². The predicted molar refractivity (Wildman–Crippen MR) is 131 cm³/mol. The van der Waals surface area contributed by atoms with Crippen molar-refractivity contribution in [2.45, 2.75) is 24.2 Å². The first-order valence-corrected chi connectivity index (χ1v) is 12.6. The minimum Gasteiger partial charge on any atom is -0.369 e. The van der Waals surface area contributed by atoms with Gasteiger partial charge in [0.1, 0.15) is 10.7 Å². The van der Waals surface area contributed by atoms with Crippen LogP contribution in [0.3, 0.4) is 0 Å². The second-order valence-electron chi connectivity index (χ2n) is 8.17. The van der Waals surface area contributed by atoms with E-state index in [1.165, 1.54) is 12.1 Å². The molecule has 1 unspecified atom stereocenters. The summed E-state index contributed by atoms with van der Waals surface area (Å²) in [6, 6.07) is 4.40. The van der Waals surface area contributed by atoms with Gasteiger partial charge < -0.3 is 16.0 Å². The molecular formula is C23H21ClFN7O2S. The average Bonchev–Trinajstić information content (AvgIpc) is 3.22. The van der Waals surface area contributed by atoms with Gasteiger partial charge in [0, 0.05) is 43.3 Å². The molecule has 1 aromatic carbocycles. The number of anilines is 3. The maximum atomic E-state index is 14.5. The van der Waals surface area contributed by atoms with E-state index in [4.69, 9.17) is 17.3 Å². The average molecular weight is 514 g/mol. The van der Waals surface area contributed by atoms with Crippen molar-refractivity contribution in [3.05, 3.63) is 64.6 Å². The highest BCUT2D eigenvalue weighted by Gasteiger charge is 2.28. The Bertz CT molecular complexity index is 1370. The van der Waals surface area contributed by atoms with Crippen LogP contribution >= 0.6 is 11.6 Å². The fourth-order valence-corrected chi connectivity index (χ4v) is 5.44. The van der Waals surface area contributed by atoms with Crippen LogP contribution in [-0.4, -0.2) is 48.9 Å². The highest BCUT2D eigenvalue weighted by Crippen LogP contribution is 2.33. The first-order chi connectivity index (χ1) is 16.9. The monoisotopic (exact) mass is 513 g/mol. The van der Waals surface area contributed by atoms with Gasteiger partial charge in [0.25, 0.3) is 0 Å². The molecule has 9 nitrogen and oxygen atoms in total. The summed E-state index contributed by atoms with van der Waals surface area (Å²) in [7, 11) is -1.25. The molecule has 2 aromatic heterocycles. The van der Waals surface area contributed by atoms with Crippen LogP contribution in [0.2, 0.25) is 5.02 Å². The summed E-state index contributed by atoms with van der Waals surface area (Å²) in [6.45, 7) is 1.20. The first kappa shape index (κ1) is 23.3. The van der Waals surface area contributed by atoms with E-state index >= 15 is 0 Å². The van der Waals surface area contributed by atoms with E-state index in [1.54, 1.807) is 18.5 Å². The van der Waals surface area contributed by atoms with E-state index in [9.17, 15) is 13.4 Å². The lowest BCUT2D eigenvalue weighted by atomic mass is 10.1. The Morgan fingerprint density at radius 2 is 2.03 bits per heavy atom. The molecule has 0 aliphatic carbocycles. The van der Waals surface area contributed by atoms with Gasteiger partial charge in [-0.1, -0.05) is 23.7 Å². The molecule has 35 heavy (non-hydrogen) atoms. The van der Waals surface area contributed by atoms with Crippen molar-refractivity contribution in [1.82, 2.24) is 19.9 Å². The van der Waals surface area contributed by atoms with Gasteiger partial charge >= 0.3 is 0 Å². The molecule has 0 radical (unpaired) electrons. The fraction of sp³-hybridized carbons (Fsp3) is 0.261. The topological polar surface area (TPSA) is 127 Å². The highest BCUT2D eigenvalue weighted by molar-refractivity contribution is 7.85. The third-order valence-electron chi connectivity index (χ3n) is 5.76. The first-order valence-electron chi connectivity index (χ1n) is 10.9. The number of halogens is 2. The van der Waals surface area contributed by atoms with Crippen LogP contribution in [0.5, 0.6) is 0 Å². The molecule has 1 amide bonds. The van der Waals surface area contributed by atoms with Crippen molar-refractivity contribution in [3.63, 3.8) is 0 Å². The Hall–Kier alpha value is -3.44. The van der Waals surface area contributed by atoms with Crippen molar-refractivity contribution in [1.29, 1.82) is 0 Å². The number of carbonyl (C=O) groups is 1. The highest BCUT2D eigenvalue weighted by atomic mass is 35.5. The number of hydrogen-bond acceptors (Lipinski definition) is 8. The van der Waals surface area contributed by atoms with Crippen molar-refractivity contribution in [3.8, 4) is 0 Å². The lowest BCUT2D eigenvalue weighted by Crippen LogP contribution is -2.30. The summed E-state index contributed by atoms with van der Waals surface area (Å²) in [6.07, 6.45) is 6.26. The van der Waals surface area contributed by atoms with Crippen LogP contribution in [0.25, 0.3) is 5.57 Å². The summed E-state index contributed by atoms with van der Waals surface area (Å²) >= 11 is 5.88. The molecule has 3 aromatic rings. The Morgan fingerprint density at radius 1 is 1.23 bits per heavy atom. The number of nitrogens with two attached hydrogens (primary N) is 1. The van der Waals surface area contributed by atoms with Crippen LogP contribution in [0.1, 0.15) is 23.5 Å². The SMILES string of the molecule is NC(=O)Cc1ccc(Nc2nc(N3CC=C(c4ncc(Cl)cn4)CC3)nc3c2S(=O)CC3)cc1F. The summed E-state index contributed by atoms with van der Waals surface area (Å²) in [4.78, 5) is 31.6. The minimum absolute atomic E-state index is 0.186. The number of rotatable bonds is 6. The van der Waals surface area contributed by atoms with Crippen LogP contribution < -0.4 is 16.0 Å². The van der Waals surface area contributed by atoms with Gasteiger partial charge in [-0.25, -0.2) is 19.3 Å². The summed E-state index contributed by atoms with van der Waals surface area (Å²) in [5.41, 5.74) is 7.54. The van der Waals surface area contributed by atoms with Crippen LogP contribution in [0, 0.1) is 5.82 Å². The lowest BCUT2D eigenvalue weighted by Gasteiger charge is -2.27. The second-order valence-corrected chi connectivity index (χ2v) is 10.1. The van der Waals surface area contributed by atoms with Crippen LogP contribution in [0.4, 0.5) is 21.8 Å². The molecule has 3 N–H and O–H groups in total. The normalized spacial score (nSPS) is 17.1. The van der Waals surface area contributed by atoms with Gasteiger partial charge in [-0.3, -0.25) is 9.00 Å². The zero-order chi connectivity index (χ0) is 24.5. The zero-order valence-corrected chi connectivity index (χ0v) is 20.1. The van der Waals surface area contributed by atoms with Gasteiger partial charge in [-0.15, -0.1) is 0 Å². The second kappa shape index (κ2) is 9.67. The van der Waals surface area contributed by atoms with E-state index in [0.29, 0.717) is 64.9 Å². The molecule has 12 heteroatoms. The molecule has 180 valence electrons. The number of aromatic nitrogens is 4. The van der Waals surface area contributed by atoms with Gasteiger partial charge in [0.2, 0.25) is 11.9 Å². The molecule has 0 bridgehead atoms. The third-order valence-corrected chi connectivity index (χ3v) is 7.41. The number of primary amides is 1. The molecule has 2 aliphatic rings. The number of nitrogens with one attached hydrogen (secondary N) is 1. The quantitative estimate of drug-likeness (QED) is 0.515. The maximum Gasteiger partial charge on any atom is 0.227 e. The van der Waals surface area contributed by atoms with Gasteiger partial charge in [-0.05, 0) is 29.7 Å². The van der Waals surface area contributed by atoms with E-state index in [-0.39, 0.29) is 12.0 Å². The molecule has 0 fully saturated rings. The van der Waals surface area contributed by atoms with E-state index in [0.717, 1.165) is 11.3 Å². The van der Waals surface area contributed by atoms with E-state index in [1.807, 2.05) is 11.0 Å². The molecule has 4 heterocycles. The van der Waals surface area contributed by atoms with Crippen molar-refractivity contribution in [2.75, 3.05) is 29.1 Å². The molecule has 5 rings (SSSR count). The Morgan fingerprint density at radius 3 is 2.71 bits per heavy atom. The van der Waals surface area contributed by atoms with E-state index < -0.39 is 22.5 Å². The largest absolute Gasteiger partial charge is 0.369 e. The number of fused-ring (bicyclic) bond motifs is 1. The van der Waals surface area contributed by atoms with Crippen LogP contribution in [0.15, 0.2) is 41.6 Å². The zero-order valence-electron chi connectivity index (χ0n) is 18.5. The number of amides is 1. The Kier molecular flexibility index (Phi) is 6.44. The fourth-order valence-electron chi connectivity index (χ4n) is 4.04. The summed E-state index contributed by atoms with van der Waals surface area (Å²) in [5, 5.41) is 3.58. The van der Waals surface area contributed by atoms with Gasteiger partial charge in [0.15, 0.2) is 11.6 Å². The third kappa shape index (κ3) is 5.01. The number of hydrogen-bond donors (Lipinski definition) is 2. The Labute approximate surface area is 208 Å². The van der Waals surface area contributed by atoms with E-state index in [2.05, 4.69) is 25.3 Å². The summed E-state index contributed by atoms with van der Waals surface area (Å²) < 4.78 is 27.1. The minimum atomic E-state index is -1.25. The molecule has 0 saturated heterocycles. The number of nitrogens with zero attached hydrogens (tertiary/aromatic N) is 5. The van der Waals surface area contributed by atoms with Gasteiger partial charge in [-0.2, -0.15) is 4.98 Å². The van der Waals surface area contributed by atoms with Crippen LogP contribution in [-0.2, 0) is 28.4 Å². The van der Waals surface area contributed by atoms with Gasteiger partial charge in [0.05, 0.1) is 27.9 Å². The smallest absolute Gasteiger partial charge is 0.227 e. The number of benzene rings is 1. The maximum absolute atomic E-state index is 14.5.